The van der Waals surface area contributed by atoms with Gasteiger partial charge in [-0.15, -0.1) is 0 Å². The molecule has 2 rings (SSSR count). The SMILES string of the molecule is CC(C)NCc1cc(CN2CCN(S(C)(=O)=O)CC2)on1. The number of hydrogen-bond donors (Lipinski definition) is 1. The molecule has 120 valence electrons. The molecular weight excluding hydrogens is 292 g/mol. The van der Waals surface area contributed by atoms with Crippen LogP contribution in [-0.4, -0.2) is 61.3 Å². The van der Waals surface area contributed by atoms with Crippen LogP contribution < -0.4 is 5.32 Å². The maximum Gasteiger partial charge on any atom is 0.211 e. The molecule has 1 aromatic rings. The molecule has 1 aliphatic rings. The van der Waals surface area contributed by atoms with Gasteiger partial charge < -0.3 is 9.84 Å². The largest absolute Gasteiger partial charge is 0.360 e. The third kappa shape index (κ3) is 5.06. The molecule has 0 radical (unpaired) electrons. The number of nitrogens with zero attached hydrogens (tertiary/aromatic N) is 3. The Morgan fingerprint density at radius 1 is 1.33 bits per heavy atom. The number of sulfonamides is 1. The second-order valence-electron chi connectivity index (χ2n) is 5.76. The van der Waals surface area contributed by atoms with Crippen LogP contribution in [0.5, 0.6) is 0 Å². The van der Waals surface area contributed by atoms with Gasteiger partial charge in [-0.2, -0.15) is 4.31 Å². The first-order valence-electron chi connectivity index (χ1n) is 7.20. The van der Waals surface area contributed by atoms with Crippen molar-refractivity contribution in [1.29, 1.82) is 0 Å². The molecule has 0 atom stereocenters. The highest BCUT2D eigenvalue weighted by molar-refractivity contribution is 7.88. The van der Waals surface area contributed by atoms with Gasteiger partial charge in [0.05, 0.1) is 18.5 Å². The standard InChI is InChI=1S/C13H24N4O3S/c1-11(2)14-9-12-8-13(20-15-12)10-16-4-6-17(7-5-16)21(3,18)19/h8,11,14H,4-7,9-10H2,1-3H3. The average Bonchev–Trinajstić information content (AvgIpc) is 2.83. The highest BCUT2D eigenvalue weighted by Gasteiger charge is 2.23. The van der Waals surface area contributed by atoms with Crippen molar-refractivity contribution >= 4 is 10.0 Å². The summed E-state index contributed by atoms with van der Waals surface area (Å²) in [6.07, 6.45) is 1.26. The van der Waals surface area contributed by atoms with E-state index in [0.29, 0.717) is 45.3 Å². The Kier molecular flexibility index (Phi) is 5.37. The molecule has 1 aliphatic heterocycles. The molecule has 0 amide bonds. The number of hydrogen-bond acceptors (Lipinski definition) is 6. The summed E-state index contributed by atoms with van der Waals surface area (Å²) in [6.45, 7) is 8.05. The summed E-state index contributed by atoms with van der Waals surface area (Å²) >= 11 is 0. The van der Waals surface area contributed by atoms with E-state index >= 15 is 0 Å². The van der Waals surface area contributed by atoms with Crippen molar-refractivity contribution in [3.8, 4) is 0 Å². The Bertz CT molecular complexity index is 548. The Hall–Kier alpha value is -0.960. The monoisotopic (exact) mass is 316 g/mol. The maximum absolute atomic E-state index is 11.5. The van der Waals surface area contributed by atoms with Crippen molar-refractivity contribution in [2.24, 2.45) is 0 Å². The van der Waals surface area contributed by atoms with Crippen molar-refractivity contribution in [3.05, 3.63) is 17.5 Å². The van der Waals surface area contributed by atoms with Crippen LogP contribution in [0.25, 0.3) is 0 Å². The highest BCUT2D eigenvalue weighted by Crippen LogP contribution is 2.11. The van der Waals surface area contributed by atoms with E-state index in [1.807, 2.05) is 6.07 Å². The first-order valence-corrected chi connectivity index (χ1v) is 9.05. The van der Waals surface area contributed by atoms with E-state index < -0.39 is 10.0 Å². The third-order valence-corrected chi connectivity index (χ3v) is 4.78. The van der Waals surface area contributed by atoms with Gasteiger partial charge in [0.25, 0.3) is 0 Å². The molecule has 21 heavy (non-hydrogen) atoms. The summed E-state index contributed by atoms with van der Waals surface area (Å²) in [6, 6.07) is 2.37. The molecule has 1 aromatic heterocycles. The lowest BCUT2D eigenvalue weighted by atomic mass is 10.3. The number of aromatic nitrogens is 1. The molecule has 0 aliphatic carbocycles. The first kappa shape index (κ1) is 16.4. The molecule has 7 nitrogen and oxygen atoms in total. The number of piperazine rings is 1. The van der Waals surface area contributed by atoms with Crippen LogP contribution in [0.4, 0.5) is 0 Å². The maximum atomic E-state index is 11.5. The predicted octanol–water partition coefficient (Wildman–Crippen LogP) is 0.250. The van der Waals surface area contributed by atoms with Gasteiger partial charge in [0.1, 0.15) is 0 Å². The fourth-order valence-electron chi connectivity index (χ4n) is 2.26. The van der Waals surface area contributed by atoms with Crippen molar-refractivity contribution in [2.75, 3.05) is 32.4 Å². The molecule has 0 bridgehead atoms. The minimum Gasteiger partial charge on any atom is -0.360 e. The highest BCUT2D eigenvalue weighted by atomic mass is 32.2. The second-order valence-corrected chi connectivity index (χ2v) is 7.74. The summed E-state index contributed by atoms with van der Waals surface area (Å²) in [5.41, 5.74) is 0.897. The van der Waals surface area contributed by atoms with Gasteiger partial charge in [-0.3, -0.25) is 4.90 Å². The van der Waals surface area contributed by atoms with E-state index in [2.05, 4.69) is 29.2 Å². The fraction of sp³-hybridized carbons (Fsp3) is 0.769. The lowest BCUT2D eigenvalue weighted by Gasteiger charge is -2.32. The van der Waals surface area contributed by atoms with Crippen molar-refractivity contribution in [3.63, 3.8) is 0 Å². The Labute approximate surface area is 126 Å². The first-order chi connectivity index (χ1) is 9.84. The zero-order valence-electron chi connectivity index (χ0n) is 12.9. The van der Waals surface area contributed by atoms with Crippen molar-refractivity contribution < 1.29 is 12.9 Å². The molecule has 0 unspecified atom stereocenters. The Morgan fingerprint density at radius 3 is 2.57 bits per heavy atom. The Balaban J connectivity index is 1.81. The summed E-state index contributed by atoms with van der Waals surface area (Å²) in [5.74, 6) is 0.823. The van der Waals surface area contributed by atoms with Gasteiger partial charge in [-0.25, -0.2) is 8.42 Å². The quantitative estimate of drug-likeness (QED) is 0.810. The average molecular weight is 316 g/mol. The molecule has 1 N–H and O–H groups in total. The number of nitrogens with one attached hydrogen (secondary N) is 1. The summed E-state index contributed by atoms with van der Waals surface area (Å²) in [5, 5.41) is 7.33. The van der Waals surface area contributed by atoms with Crippen LogP contribution in [0, 0.1) is 0 Å². The lowest BCUT2D eigenvalue weighted by molar-refractivity contribution is 0.166. The minimum atomic E-state index is -3.07. The zero-order valence-corrected chi connectivity index (χ0v) is 13.7. The fourth-order valence-corrected chi connectivity index (χ4v) is 3.09. The van der Waals surface area contributed by atoms with E-state index in [1.165, 1.54) is 10.6 Å². The van der Waals surface area contributed by atoms with E-state index in [-0.39, 0.29) is 0 Å². The minimum absolute atomic E-state index is 0.411. The van der Waals surface area contributed by atoms with Crippen LogP contribution in [0.2, 0.25) is 0 Å². The second kappa shape index (κ2) is 6.87. The summed E-state index contributed by atoms with van der Waals surface area (Å²) < 4.78 is 29.8. The van der Waals surface area contributed by atoms with E-state index in [9.17, 15) is 8.42 Å². The van der Waals surface area contributed by atoms with E-state index in [0.717, 1.165) is 11.5 Å². The molecule has 1 fully saturated rings. The zero-order chi connectivity index (χ0) is 15.5. The summed E-state index contributed by atoms with van der Waals surface area (Å²) in [4.78, 5) is 2.18. The van der Waals surface area contributed by atoms with Gasteiger partial charge in [-0.1, -0.05) is 19.0 Å². The molecule has 8 heteroatoms. The van der Waals surface area contributed by atoms with Gasteiger partial charge in [0.15, 0.2) is 5.76 Å². The van der Waals surface area contributed by atoms with Crippen LogP contribution >= 0.6 is 0 Å². The van der Waals surface area contributed by atoms with Crippen molar-refractivity contribution in [1.82, 2.24) is 19.7 Å². The number of rotatable bonds is 6. The Morgan fingerprint density at radius 2 is 2.00 bits per heavy atom. The third-order valence-electron chi connectivity index (χ3n) is 3.48. The molecule has 1 saturated heterocycles. The van der Waals surface area contributed by atoms with Crippen LogP contribution in [0.1, 0.15) is 25.3 Å². The van der Waals surface area contributed by atoms with Crippen LogP contribution in [0.3, 0.4) is 0 Å². The molecule has 2 heterocycles. The lowest BCUT2D eigenvalue weighted by Crippen LogP contribution is -2.47. The van der Waals surface area contributed by atoms with Crippen molar-refractivity contribution in [2.45, 2.75) is 33.0 Å². The van der Waals surface area contributed by atoms with E-state index in [1.54, 1.807) is 0 Å². The normalized spacial score (nSPS) is 18.5. The van der Waals surface area contributed by atoms with Gasteiger partial charge in [0.2, 0.25) is 10.0 Å². The van der Waals surface area contributed by atoms with Crippen LogP contribution in [0.15, 0.2) is 10.6 Å². The molecular formula is C13H24N4O3S. The van der Waals surface area contributed by atoms with Gasteiger partial charge >= 0.3 is 0 Å². The summed E-state index contributed by atoms with van der Waals surface area (Å²) in [7, 11) is -3.07. The topological polar surface area (TPSA) is 78.7 Å². The molecule has 0 saturated carbocycles. The molecule has 0 spiro atoms. The molecule has 0 aromatic carbocycles. The van der Waals surface area contributed by atoms with Crippen LogP contribution in [-0.2, 0) is 23.1 Å². The van der Waals surface area contributed by atoms with Gasteiger partial charge in [-0.05, 0) is 0 Å². The predicted molar refractivity (Wildman–Crippen MR) is 80.2 cm³/mol. The van der Waals surface area contributed by atoms with E-state index in [4.69, 9.17) is 4.52 Å². The smallest absolute Gasteiger partial charge is 0.211 e. The van der Waals surface area contributed by atoms with Gasteiger partial charge in [0, 0.05) is 44.8 Å².